The molecule has 1 aromatic carbocycles. The number of anilines is 1. The van der Waals surface area contributed by atoms with E-state index in [-0.39, 0.29) is 0 Å². The molecule has 0 radical (unpaired) electrons. The topological polar surface area (TPSA) is 59.8 Å². The van der Waals surface area contributed by atoms with Crippen molar-refractivity contribution < 1.29 is 0 Å². The first kappa shape index (κ1) is 13.5. The van der Waals surface area contributed by atoms with Crippen LogP contribution in [0.1, 0.15) is 18.9 Å². The summed E-state index contributed by atoms with van der Waals surface area (Å²) in [6, 6.07) is 5.46. The minimum Gasteiger partial charge on any atom is -0.354 e. The highest BCUT2D eigenvalue weighted by atomic mass is 35.5. The van der Waals surface area contributed by atoms with Gasteiger partial charge in [-0.2, -0.15) is 4.98 Å². The highest BCUT2D eigenvalue weighted by molar-refractivity contribution is 6.32. The largest absolute Gasteiger partial charge is 0.356 e. The molecule has 19 heavy (non-hydrogen) atoms. The molecule has 0 aliphatic rings. The average molecular weight is 279 g/mol. The number of halogens is 1. The SMILES string of the molecule is CCCNc1ncn(-c2c(C)cccc2Cl)c(=O)n1. The number of aryl methyl sites for hydroxylation is 1. The third-order valence-corrected chi connectivity index (χ3v) is 2.97. The molecule has 0 saturated heterocycles. The van der Waals surface area contributed by atoms with Crippen molar-refractivity contribution in [2.75, 3.05) is 11.9 Å². The summed E-state index contributed by atoms with van der Waals surface area (Å²) in [5.74, 6) is 0.341. The van der Waals surface area contributed by atoms with Gasteiger partial charge >= 0.3 is 5.69 Å². The van der Waals surface area contributed by atoms with E-state index in [1.807, 2.05) is 26.0 Å². The molecule has 0 fully saturated rings. The van der Waals surface area contributed by atoms with Crippen LogP contribution in [0.3, 0.4) is 0 Å². The first-order valence-electron chi connectivity index (χ1n) is 6.08. The van der Waals surface area contributed by atoms with E-state index in [1.54, 1.807) is 6.07 Å². The fourth-order valence-electron chi connectivity index (χ4n) is 1.74. The van der Waals surface area contributed by atoms with Gasteiger partial charge in [0.25, 0.3) is 0 Å². The van der Waals surface area contributed by atoms with Gasteiger partial charge in [0.05, 0.1) is 10.7 Å². The van der Waals surface area contributed by atoms with Crippen LogP contribution >= 0.6 is 11.6 Å². The Hall–Kier alpha value is -1.88. The maximum Gasteiger partial charge on any atom is 0.356 e. The van der Waals surface area contributed by atoms with Crippen LogP contribution in [0.4, 0.5) is 5.95 Å². The van der Waals surface area contributed by atoms with Gasteiger partial charge in [0.15, 0.2) is 0 Å². The van der Waals surface area contributed by atoms with Gasteiger partial charge in [-0.15, -0.1) is 0 Å². The van der Waals surface area contributed by atoms with Crippen LogP contribution in [0.2, 0.25) is 5.02 Å². The van der Waals surface area contributed by atoms with Crippen LogP contribution in [-0.2, 0) is 0 Å². The average Bonchev–Trinajstić information content (AvgIpc) is 2.38. The lowest BCUT2D eigenvalue weighted by Gasteiger charge is -2.10. The summed E-state index contributed by atoms with van der Waals surface area (Å²) in [5, 5.41) is 3.47. The van der Waals surface area contributed by atoms with E-state index in [2.05, 4.69) is 15.3 Å². The molecule has 1 heterocycles. The maximum atomic E-state index is 12.0. The molecule has 6 heteroatoms. The quantitative estimate of drug-likeness (QED) is 0.933. The lowest BCUT2D eigenvalue weighted by Crippen LogP contribution is -2.24. The standard InChI is InChI=1S/C13H15ClN4O/c1-3-7-15-12-16-8-18(13(19)17-12)11-9(2)5-4-6-10(11)14/h4-6,8H,3,7H2,1-2H3,(H,15,17,19). The second kappa shape index (κ2) is 5.84. The molecule has 0 unspecified atom stereocenters. The number of hydrogen-bond donors (Lipinski definition) is 1. The number of para-hydroxylation sites is 1. The fourth-order valence-corrected chi connectivity index (χ4v) is 2.05. The van der Waals surface area contributed by atoms with E-state index in [0.717, 1.165) is 18.5 Å². The van der Waals surface area contributed by atoms with E-state index in [9.17, 15) is 4.79 Å². The van der Waals surface area contributed by atoms with Gasteiger partial charge in [0.2, 0.25) is 5.95 Å². The van der Waals surface area contributed by atoms with Crippen molar-refractivity contribution >= 4 is 17.5 Å². The Morgan fingerprint density at radius 1 is 1.42 bits per heavy atom. The van der Waals surface area contributed by atoms with Gasteiger partial charge < -0.3 is 5.32 Å². The summed E-state index contributed by atoms with van der Waals surface area (Å²) in [4.78, 5) is 20.0. The molecule has 0 saturated carbocycles. The number of benzene rings is 1. The highest BCUT2D eigenvalue weighted by Gasteiger charge is 2.09. The number of rotatable bonds is 4. The molecule has 0 aliphatic heterocycles. The lowest BCUT2D eigenvalue weighted by molar-refractivity contribution is 0.843. The molecule has 5 nitrogen and oxygen atoms in total. The summed E-state index contributed by atoms with van der Waals surface area (Å²) >= 11 is 6.13. The molecule has 0 aliphatic carbocycles. The van der Waals surface area contributed by atoms with E-state index in [1.165, 1.54) is 10.9 Å². The fraction of sp³-hybridized carbons (Fsp3) is 0.308. The second-order valence-electron chi connectivity index (χ2n) is 4.16. The lowest BCUT2D eigenvalue weighted by atomic mass is 10.2. The maximum absolute atomic E-state index is 12.0. The van der Waals surface area contributed by atoms with Gasteiger partial charge in [-0.25, -0.2) is 14.3 Å². The van der Waals surface area contributed by atoms with Crippen molar-refractivity contribution in [1.29, 1.82) is 0 Å². The number of hydrogen-bond acceptors (Lipinski definition) is 4. The number of nitrogens with zero attached hydrogens (tertiary/aromatic N) is 3. The third kappa shape index (κ3) is 2.93. The summed E-state index contributed by atoms with van der Waals surface area (Å²) in [6.07, 6.45) is 2.39. The van der Waals surface area contributed by atoms with Gasteiger partial charge in [0, 0.05) is 6.54 Å². The summed E-state index contributed by atoms with van der Waals surface area (Å²) < 4.78 is 1.36. The molecule has 1 aromatic heterocycles. The smallest absolute Gasteiger partial charge is 0.354 e. The zero-order valence-corrected chi connectivity index (χ0v) is 11.6. The molecule has 0 bridgehead atoms. The molecule has 100 valence electrons. The van der Waals surface area contributed by atoms with Crippen molar-refractivity contribution in [2.24, 2.45) is 0 Å². The van der Waals surface area contributed by atoms with Crippen molar-refractivity contribution in [2.45, 2.75) is 20.3 Å². The van der Waals surface area contributed by atoms with E-state index in [4.69, 9.17) is 11.6 Å². The minimum atomic E-state index is -0.398. The van der Waals surface area contributed by atoms with Crippen molar-refractivity contribution in [3.63, 3.8) is 0 Å². The monoisotopic (exact) mass is 278 g/mol. The Labute approximate surface area is 116 Å². The molecule has 2 aromatic rings. The van der Waals surface area contributed by atoms with E-state index in [0.29, 0.717) is 16.7 Å². The highest BCUT2D eigenvalue weighted by Crippen LogP contribution is 2.22. The Morgan fingerprint density at radius 2 is 2.21 bits per heavy atom. The Balaban J connectivity index is 2.44. The first-order chi connectivity index (χ1) is 9.13. The molecule has 1 N–H and O–H groups in total. The molecule has 2 rings (SSSR count). The summed E-state index contributed by atoms with van der Waals surface area (Å²) in [6.45, 7) is 4.65. The van der Waals surface area contributed by atoms with Crippen molar-refractivity contribution in [3.05, 3.63) is 45.6 Å². The number of nitrogens with one attached hydrogen (secondary N) is 1. The first-order valence-corrected chi connectivity index (χ1v) is 6.46. The zero-order valence-electron chi connectivity index (χ0n) is 10.9. The van der Waals surface area contributed by atoms with Crippen LogP contribution < -0.4 is 11.0 Å². The molecular weight excluding hydrogens is 264 g/mol. The Bertz CT molecular complexity index is 619. The molecule has 0 amide bonds. The third-order valence-electron chi connectivity index (χ3n) is 2.67. The summed E-state index contributed by atoms with van der Waals surface area (Å²) in [7, 11) is 0. The van der Waals surface area contributed by atoms with Crippen LogP contribution in [0.5, 0.6) is 0 Å². The Morgan fingerprint density at radius 3 is 2.84 bits per heavy atom. The van der Waals surface area contributed by atoms with Crippen LogP contribution in [0, 0.1) is 6.92 Å². The van der Waals surface area contributed by atoms with Gasteiger partial charge in [0.1, 0.15) is 6.33 Å². The van der Waals surface area contributed by atoms with Gasteiger partial charge in [-0.3, -0.25) is 0 Å². The number of aromatic nitrogens is 3. The summed E-state index contributed by atoms with van der Waals surface area (Å²) in [5.41, 5.74) is 1.12. The molecule has 0 atom stereocenters. The predicted molar refractivity (Wildman–Crippen MR) is 76.2 cm³/mol. The van der Waals surface area contributed by atoms with E-state index < -0.39 is 5.69 Å². The van der Waals surface area contributed by atoms with Crippen molar-refractivity contribution in [3.8, 4) is 5.69 Å². The zero-order chi connectivity index (χ0) is 13.8. The van der Waals surface area contributed by atoms with Gasteiger partial charge in [-0.05, 0) is 25.0 Å². The van der Waals surface area contributed by atoms with Gasteiger partial charge in [-0.1, -0.05) is 30.7 Å². The normalized spacial score (nSPS) is 10.5. The van der Waals surface area contributed by atoms with Crippen molar-refractivity contribution in [1.82, 2.24) is 14.5 Å². The van der Waals surface area contributed by atoms with Crippen LogP contribution in [0.25, 0.3) is 5.69 Å². The Kier molecular flexibility index (Phi) is 4.16. The minimum absolute atomic E-state index is 0.341. The predicted octanol–water partition coefficient (Wildman–Crippen LogP) is 2.41. The van der Waals surface area contributed by atoms with E-state index >= 15 is 0 Å². The molecular formula is C13H15ClN4O. The second-order valence-corrected chi connectivity index (χ2v) is 4.57. The van der Waals surface area contributed by atoms with Crippen LogP contribution in [-0.4, -0.2) is 21.1 Å². The molecule has 0 spiro atoms. The van der Waals surface area contributed by atoms with Crippen LogP contribution in [0.15, 0.2) is 29.3 Å².